The largest absolute Gasteiger partial charge is 0.342 e. The SMILES string of the molecule is Cc1nc2ccc(-c3cnc(C4CNC4)[nH]3)cc2[nH]1. The molecule has 1 aliphatic heterocycles. The van der Waals surface area contributed by atoms with Gasteiger partial charge in [0, 0.05) is 24.6 Å². The average molecular weight is 253 g/mol. The highest BCUT2D eigenvalue weighted by molar-refractivity contribution is 5.81. The van der Waals surface area contributed by atoms with Gasteiger partial charge in [0.2, 0.25) is 0 Å². The molecule has 1 saturated heterocycles. The van der Waals surface area contributed by atoms with Gasteiger partial charge < -0.3 is 15.3 Å². The van der Waals surface area contributed by atoms with Crippen molar-refractivity contribution in [2.24, 2.45) is 0 Å². The topological polar surface area (TPSA) is 69.4 Å². The van der Waals surface area contributed by atoms with Crippen LogP contribution < -0.4 is 5.32 Å². The lowest BCUT2D eigenvalue weighted by atomic mass is 10.0. The summed E-state index contributed by atoms with van der Waals surface area (Å²) in [5, 5.41) is 3.26. The van der Waals surface area contributed by atoms with Crippen molar-refractivity contribution in [3.63, 3.8) is 0 Å². The van der Waals surface area contributed by atoms with Crippen molar-refractivity contribution >= 4 is 11.0 Å². The highest BCUT2D eigenvalue weighted by atomic mass is 15.0. The van der Waals surface area contributed by atoms with E-state index in [9.17, 15) is 0 Å². The molecule has 19 heavy (non-hydrogen) atoms. The van der Waals surface area contributed by atoms with Crippen LogP contribution in [0, 0.1) is 6.92 Å². The minimum atomic E-state index is 0.534. The maximum Gasteiger partial charge on any atom is 0.112 e. The van der Waals surface area contributed by atoms with Crippen molar-refractivity contribution in [1.82, 2.24) is 25.3 Å². The molecule has 96 valence electrons. The van der Waals surface area contributed by atoms with E-state index in [-0.39, 0.29) is 0 Å². The van der Waals surface area contributed by atoms with Gasteiger partial charge in [-0.15, -0.1) is 0 Å². The van der Waals surface area contributed by atoms with Crippen molar-refractivity contribution in [3.8, 4) is 11.3 Å². The molecule has 3 heterocycles. The fraction of sp³-hybridized carbons (Fsp3) is 0.286. The predicted molar refractivity (Wildman–Crippen MR) is 74.0 cm³/mol. The van der Waals surface area contributed by atoms with E-state index >= 15 is 0 Å². The number of rotatable bonds is 2. The molecule has 0 radical (unpaired) electrons. The molecule has 2 aromatic heterocycles. The van der Waals surface area contributed by atoms with Crippen LogP contribution in [-0.4, -0.2) is 33.0 Å². The molecule has 0 aliphatic carbocycles. The summed E-state index contributed by atoms with van der Waals surface area (Å²) in [6, 6.07) is 6.24. The highest BCUT2D eigenvalue weighted by Crippen LogP contribution is 2.24. The zero-order chi connectivity index (χ0) is 12.8. The lowest BCUT2D eigenvalue weighted by Crippen LogP contribution is -2.40. The predicted octanol–water partition coefficient (Wildman–Crippen LogP) is 1.95. The van der Waals surface area contributed by atoms with Crippen LogP contribution in [0.3, 0.4) is 0 Å². The number of imidazole rings is 2. The first-order valence-corrected chi connectivity index (χ1v) is 6.52. The van der Waals surface area contributed by atoms with E-state index in [1.54, 1.807) is 0 Å². The van der Waals surface area contributed by atoms with E-state index < -0.39 is 0 Å². The first-order valence-electron chi connectivity index (χ1n) is 6.52. The molecule has 4 rings (SSSR count). The van der Waals surface area contributed by atoms with Crippen LogP contribution in [0.2, 0.25) is 0 Å². The quantitative estimate of drug-likeness (QED) is 0.653. The molecule has 5 nitrogen and oxygen atoms in total. The first-order chi connectivity index (χ1) is 9.29. The van der Waals surface area contributed by atoms with Gasteiger partial charge in [0.1, 0.15) is 11.6 Å². The summed E-state index contributed by atoms with van der Waals surface area (Å²) in [5.74, 6) is 2.56. The molecule has 0 bridgehead atoms. The first kappa shape index (κ1) is 10.8. The van der Waals surface area contributed by atoms with Crippen LogP contribution in [0.1, 0.15) is 17.6 Å². The zero-order valence-corrected chi connectivity index (χ0v) is 10.7. The van der Waals surface area contributed by atoms with Gasteiger partial charge in [-0.25, -0.2) is 9.97 Å². The van der Waals surface area contributed by atoms with Crippen molar-refractivity contribution < 1.29 is 0 Å². The monoisotopic (exact) mass is 253 g/mol. The second-order valence-electron chi connectivity index (χ2n) is 5.09. The van der Waals surface area contributed by atoms with E-state index in [2.05, 4.69) is 37.4 Å². The molecule has 5 heteroatoms. The molecule has 1 aromatic carbocycles. The summed E-state index contributed by atoms with van der Waals surface area (Å²) in [6.45, 7) is 4.01. The Hall–Kier alpha value is -2.14. The fourth-order valence-corrected chi connectivity index (χ4v) is 2.48. The van der Waals surface area contributed by atoms with Crippen molar-refractivity contribution in [1.29, 1.82) is 0 Å². The van der Waals surface area contributed by atoms with Crippen LogP contribution >= 0.6 is 0 Å². The zero-order valence-electron chi connectivity index (χ0n) is 10.7. The third-order valence-corrected chi connectivity index (χ3v) is 3.67. The summed E-state index contributed by atoms with van der Waals surface area (Å²) >= 11 is 0. The number of aromatic amines is 2. The Morgan fingerprint density at radius 1 is 1.21 bits per heavy atom. The number of hydrogen-bond acceptors (Lipinski definition) is 3. The van der Waals surface area contributed by atoms with Gasteiger partial charge >= 0.3 is 0 Å². The number of aryl methyl sites for hydroxylation is 1. The van der Waals surface area contributed by atoms with Gasteiger partial charge in [-0.3, -0.25) is 0 Å². The summed E-state index contributed by atoms with van der Waals surface area (Å²) in [7, 11) is 0. The summed E-state index contributed by atoms with van der Waals surface area (Å²) in [6.07, 6.45) is 1.91. The Balaban J connectivity index is 1.74. The minimum Gasteiger partial charge on any atom is -0.342 e. The Kier molecular flexibility index (Phi) is 2.22. The number of aromatic nitrogens is 4. The van der Waals surface area contributed by atoms with E-state index in [0.717, 1.165) is 47.0 Å². The van der Waals surface area contributed by atoms with Crippen molar-refractivity contribution in [2.45, 2.75) is 12.8 Å². The van der Waals surface area contributed by atoms with Gasteiger partial charge in [0.05, 0.1) is 22.9 Å². The third kappa shape index (κ3) is 1.74. The third-order valence-electron chi connectivity index (χ3n) is 3.67. The van der Waals surface area contributed by atoms with Crippen LogP contribution in [0.4, 0.5) is 0 Å². The summed E-state index contributed by atoms with van der Waals surface area (Å²) in [4.78, 5) is 15.6. The molecule has 0 spiro atoms. The van der Waals surface area contributed by atoms with Crippen molar-refractivity contribution in [2.75, 3.05) is 13.1 Å². The smallest absolute Gasteiger partial charge is 0.112 e. The normalized spacial score (nSPS) is 15.8. The van der Waals surface area contributed by atoms with Gasteiger partial charge in [-0.2, -0.15) is 0 Å². The average Bonchev–Trinajstić information content (AvgIpc) is 2.91. The van der Waals surface area contributed by atoms with E-state index in [1.165, 1.54) is 0 Å². The van der Waals surface area contributed by atoms with Gasteiger partial charge in [0.15, 0.2) is 0 Å². The van der Waals surface area contributed by atoms with Crippen LogP contribution in [0.15, 0.2) is 24.4 Å². The summed E-state index contributed by atoms with van der Waals surface area (Å²) in [5.41, 5.74) is 4.28. The molecule has 3 N–H and O–H groups in total. The maximum atomic E-state index is 4.48. The number of fused-ring (bicyclic) bond motifs is 1. The lowest BCUT2D eigenvalue weighted by Gasteiger charge is -2.24. The molecule has 0 saturated carbocycles. The molecule has 1 fully saturated rings. The van der Waals surface area contributed by atoms with Crippen LogP contribution in [0.25, 0.3) is 22.3 Å². The van der Waals surface area contributed by atoms with Gasteiger partial charge in [-0.05, 0) is 19.1 Å². The number of benzene rings is 1. The molecular weight excluding hydrogens is 238 g/mol. The molecule has 1 aliphatic rings. The fourth-order valence-electron chi connectivity index (χ4n) is 2.48. The highest BCUT2D eigenvalue weighted by Gasteiger charge is 2.21. The molecule has 0 amide bonds. The van der Waals surface area contributed by atoms with E-state index in [4.69, 9.17) is 0 Å². The standard InChI is InChI=1S/C14H15N5/c1-8-17-11-3-2-9(4-12(11)18-8)13-7-16-14(19-13)10-5-15-6-10/h2-4,7,10,15H,5-6H2,1H3,(H,16,19)(H,17,18). The lowest BCUT2D eigenvalue weighted by molar-refractivity contribution is 0.433. The van der Waals surface area contributed by atoms with E-state index in [0.29, 0.717) is 5.92 Å². The van der Waals surface area contributed by atoms with Crippen molar-refractivity contribution in [3.05, 3.63) is 36.0 Å². The number of H-pyrrole nitrogens is 2. The molecule has 0 atom stereocenters. The number of hydrogen-bond donors (Lipinski definition) is 3. The molecule has 0 unspecified atom stereocenters. The Morgan fingerprint density at radius 2 is 2.11 bits per heavy atom. The maximum absolute atomic E-state index is 4.48. The second kappa shape index (κ2) is 3.93. The van der Waals surface area contributed by atoms with Gasteiger partial charge in [0.25, 0.3) is 0 Å². The Morgan fingerprint density at radius 3 is 2.89 bits per heavy atom. The molecule has 3 aromatic rings. The molecular formula is C14H15N5. The second-order valence-corrected chi connectivity index (χ2v) is 5.09. The van der Waals surface area contributed by atoms with Crippen LogP contribution in [-0.2, 0) is 0 Å². The number of nitrogens with zero attached hydrogens (tertiary/aromatic N) is 2. The minimum absolute atomic E-state index is 0.534. The van der Waals surface area contributed by atoms with Gasteiger partial charge in [-0.1, -0.05) is 6.07 Å². The number of nitrogens with one attached hydrogen (secondary N) is 3. The Bertz CT molecular complexity index is 735. The summed E-state index contributed by atoms with van der Waals surface area (Å²) < 4.78 is 0. The van der Waals surface area contributed by atoms with E-state index in [1.807, 2.05) is 19.2 Å². The van der Waals surface area contributed by atoms with Crippen LogP contribution in [0.5, 0.6) is 0 Å². The Labute approximate surface area is 110 Å².